The quantitative estimate of drug-likeness (QED) is 0.121. The lowest BCUT2D eigenvalue weighted by atomic mass is 9.84. The van der Waals surface area contributed by atoms with E-state index in [1.54, 1.807) is 51.1 Å². The number of fused-ring (bicyclic) bond motifs is 2. The minimum atomic E-state index is -1.38. The number of carbonyl (C=O) groups is 4. The number of benzene rings is 1. The van der Waals surface area contributed by atoms with Gasteiger partial charge in [0.2, 0.25) is 11.8 Å². The largest absolute Gasteiger partial charge is 0.508 e. The first-order chi connectivity index (χ1) is 26.6. The first-order valence-electron chi connectivity index (χ1n) is 19.6. The van der Waals surface area contributed by atoms with Crippen LogP contribution < -0.4 is 21.4 Å². The average molecular weight is 782 g/mol. The number of nitrogens with zero attached hydrogens (tertiary/aromatic N) is 1. The summed E-state index contributed by atoms with van der Waals surface area (Å²) in [7, 11) is 0. The summed E-state index contributed by atoms with van der Waals surface area (Å²) < 4.78 is 6.23. The summed E-state index contributed by atoms with van der Waals surface area (Å²) in [6.45, 7) is 13.5. The van der Waals surface area contributed by atoms with E-state index in [1.165, 1.54) is 30.1 Å². The van der Waals surface area contributed by atoms with Gasteiger partial charge >= 0.3 is 0 Å². The van der Waals surface area contributed by atoms with E-state index in [9.17, 15) is 39.6 Å². The van der Waals surface area contributed by atoms with Gasteiger partial charge in [-0.05, 0) is 68.7 Å². The molecular weight excluding hydrogens is 718 g/mol. The van der Waals surface area contributed by atoms with Crippen LogP contribution in [-0.2, 0) is 30.3 Å². The number of allylic oxidation sites excluding steroid dienone is 2. The number of phenolic OH excluding ortho intramolecular Hbond substituents is 1. The second-order valence-corrected chi connectivity index (χ2v) is 15.2. The number of hydrazine groups is 1. The number of nitrogens with one attached hydrogen (secondary N) is 4. The van der Waals surface area contributed by atoms with E-state index in [0.717, 1.165) is 5.57 Å². The molecule has 1 fully saturated rings. The van der Waals surface area contributed by atoms with Crippen LogP contribution in [0.2, 0.25) is 0 Å². The lowest BCUT2D eigenvalue weighted by Crippen LogP contribution is -2.63. The number of phenols is 1. The Morgan fingerprint density at radius 2 is 1.84 bits per heavy atom. The zero-order valence-corrected chi connectivity index (χ0v) is 33.4. The van der Waals surface area contributed by atoms with E-state index in [2.05, 4.69) is 28.0 Å². The van der Waals surface area contributed by atoms with Crippen LogP contribution in [-0.4, -0.2) is 111 Å². The lowest BCUT2D eigenvalue weighted by Gasteiger charge is -2.38. The molecule has 0 aliphatic carbocycles. The third-order valence-electron chi connectivity index (χ3n) is 10.2. The number of ketones is 1. The second-order valence-electron chi connectivity index (χ2n) is 15.2. The number of aliphatic hydroxyl groups excluding tert-OH is 3. The first kappa shape index (κ1) is 46.2. The van der Waals surface area contributed by atoms with Crippen molar-refractivity contribution in [2.75, 3.05) is 19.6 Å². The molecule has 56 heavy (non-hydrogen) atoms. The Labute approximate surface area is 331 Å². The summed E-state index contributed by atoms with van der Waals surface area (Å²) in [5.74, 6) is -4.46. The molecule has 3 amide bonds. The van der Waals surface area contributed by atoms with Crippen molar-refractivity contribution in [2.45, 2.75) is 116 Å². The molecule has 8 N–H and O–H groups in total. The Kier molecular flexibility index (Phi) is 19.1. The highest BCUT2D eigenvalue weighted by molar-refractivity contribution is 5.93. The zero-order chi connectivity index (χ0) is 41.4. The minimum absolute atomic E-state index is 0.000788. The molecule has 310 valence electrons. The van der Waals surface area contributed by atoms with Gasteiger partial charge < -0.3 is 45.9 Å². The highest BCUT2D eigenvalue weighted by atomic mass is 16.6. The molecule has 0 spiro atoms. The number of hydrogen-bond donors (Lipinski definition) is 8. The summed E-state index contributed by atoms with van der Waals surface area (Å²) in [6.07, 6.45) is 7.33. The van der Waals surface area contributed by atoms with Gasteiger partial charge in [-0.15, -0.1) is 6.58 Å². The summed E-state index contributed by atoms with van der Waals surface area (Å²) >= 11 is 0. The molecule has 3 rings (SSSR count). The third kappa shape index (κ3) is 14.4. The van der Waals surface area contributed by atoms with Crippen molar-refractivity contribution in [3.8, 4) is 5.75 Å². The number of aromatic hydroxyl groups is 1. The number of Topliss-reactive ketones (excluding diaryl/α,β-unsaturated/α-hetero) is 1. The number of hydrogen-bond acceptors (Lipinski definition) is 11. The van der Waals surface area contributed by atoms with Gasteiger partial charge in [-0.25, -0.2) is 5.43 Å². The Bertz CT molecular complexity index is 1560. The van der Waals surface area contributed by atoms with Gasteiger partial charge in [0.25, 0.3) is 5.91 Å². The Morgan fingerprint density at radius 1 is 1.09 bits per heavy atom. The predicted octanol–water partition coefficient (Wildman–Crippen LogP) is 2.34. The topological polar surface area (TPSA) is 210 Å². The molecule has 9 atom stereocenters. The van der Waals surface area contributed by atoms with Crippen molar-refractivity contribution in [3.05, 3.63) is 78.4 Å². The second kappa shape index (κ2) is 23.1. The van der Waals surface area contributed by atoms with Gasteiger partial charge in [0.1, 0.15) is 23.6 Å². The van der Waals surface area contributed by atoms with E-state index >= 15 is 0 Å². The van der Waals surface area contributed by atoms with Crippen molar-refractivity contribution >= 4 is 23.5 Å². The molecule has 1 saturated heterocycles. The summed E-state index contributed by atoms with van der Waals surface area (Å²) in [5.41, 5.74) is 4.54. The van der Waals surface area contributed by atoms with Crippen molar-refractivity contribution in [1.29, 1.82) is 0 Å². The fourth-order valence-corrected chi connectivity index (χ4v) is 6.72. The van der Waals surface area contributed by atoms with Crippen molar-refractivity contribution in [1.82, 2.24) is 26.4 Å². The standard InChI is InChI=1S/C42H63N5O9/c1-7-21-43-22-20-27(4)36-17-10-8-9-16-35(50)29(6)38(51)32(19-18-28(5)48)39(52)45-37(26(2)3)40(53)44-34(25-30-13-11-14-31(49)24-30)41(54)47-23-12-15-33(46-47)42(55)56-36/h7-11,13-14,16,20,24,26,29,32-38,42-43,46,49-51,55H,1,12,15,17-19,21-23,25H2,2-6H3,(H,44,53)(H,45,52). The number of ether oxygens (including phenoxy) is 1. The molecule has 9 unspecified atom stereocenters. The fourth-order valence-electron chi connectivity index (χ4n) is 6.72. The summed E-state index contributed by atoms with van der Waals surface area (Å²) in [4.78, 5) is 54.2. The smallest absolute Gasteiger partial charge is 0.259 e. The molecular formula is C42H63N5O9. The van der Waals surface area contributed by atoms with Crippen LogP contribution in [0.25, 0.3) is 0 Å². The maximum absolute atomic E-state index is 14.3. The van der Waals surface area contributed by atoms with Crippen LogP contribution >= 0.6 is 0 Å². The molecule has 0 radical (unpaired) electrons. The Hall–Kier alpha value is -4.18. The van der Waals surface area contributed by atoms with E-state index in [4.69, 9.17) is 4.74 Å². The van der Waals surface area contributed by atoms with Gasteiger partial charge in [0.05, 0.1) is 30.3 Å². The third-order valence-corrected chi connectivity index (χ3v) is 10.2. The van der Waals surface area contributed by atoms with Crippen LogP contribution in [0, 0.1) is 17.8 Å². The van der Waals surface area contributed by atoms with Crippen LogP contribution in [0.5, 0.6) is 5.75 Å². The molecule has 2 bridgehead atoms. The fraction of sp³-hybridized carbons (Fsp3) is 0.571. The zero-order valence-electron chi connectivity index (χ0n) is 33.4. The van der Waals surface area contributed by atoms with Crippen LogP contribution in [0.15, 0.2) is 72.9 Å². The monoisotopic (exact) mass is 781 g/mol. The highest BCUT2D eigenvalue weighted by Gasteiger charge is 2.38. The molecule has 1 aromatic rings. The predicted molar refractivity (Wildman–Crippen MR) is 214 cm³/mol. The molecule has 0 aromatic heterocycles. The van der Waals surface area contributed by atoms with Crippen molar-refractivity contribution in [2.24, 2.45) is 17.8 Å². The minimum Gasteiger partial charge on any atom is -0.508 e. The summed E-state index contributed by atoms with van der Waals surface area (Å²) in [6, 6.07) is 3.37. The molecule has 0 saturated carbocycles. The molecule has 2 aliphatic heterocycles. The first-order valence-corrected chi connectivity index (χ1v) is 19.6. The highest BCUT2D eigenvalue weighted by Crippen LogP contribution is 2.24. The van der Waals surface area contributed by atoms with Gasteiger partial charge in [-0.1, -0.05) is 69.4 Å². The van der Waals surface area contributed by atoms with Crippen molar-refractivity contribution in [3.63, 3.8) is 0 Å². The Balaban J connectivity index is 2.05. The van der Waals surface area contributed by atoms with E-state index in [1.807, 2.05) is 19.1 Å². The molecule has 14 heteroatoms. The van der Waals surface area contributed by atoms with Gasteiger partial charge in [-0.2, -0.15) is 0 Å². The molecule has 2 heterocycles. The molecule has 2 aliphatic rings. The number of aliphatic hydroxyl groups is 3. The SMILES string of the molecule is C=CCNCC=C(C)C1CC=CC=CC(O)C(C)C(O)C(CCC(C)=O)C(=O)NC(C(C)C)C(=O)NC(Cc2cccc(O)c2)C(=O)N2CCCC(N2)C(O)O1. The average Bonchev–Trinajstić information content (AvgIpc) is 3.16. The van der Waals surface area contributed by atoms with E-state index < -0.39 is 78.2 Å². The van der Waals surface area contributed by atoms with Crippen LogP contribution in [0.1, 0.15) is 72.3 Å². The van der Waals surface area contributed by atoms with Crippen LogP contribution in [0.3, 0.4) is 0 Å². The number of amides is 3. The van der Waals surface area contributed by atoms with Gasteiger partial charge in [-0.3, -0.25) is 19.4 Å². The maximum atomic E-state index is 14.3. The van der Waals surface area contributed by atoms with Crippen LogP contribution in [0.4, 0.5) is 0 Å². The van der Waals surface area contributed by atoms with E-state index in [0.29, 0.717) is 37.9 Å². The molecule has 14 nitrogen and oxygen atoms in total. The van der Waals surface area contributed by atoms with E-state index in [-0.39, 0.29) is 37.3 Å². The Morgan fingerprint density at radius 3 is 2.52 bits per heavy atom. The van der Waals surface area contributed by atoms with Gasteiger partial charge in [0, 0.05) is 38.4 Å². The number of rotatable bonds is 11. The van der Waals surface area contributed by atoms with Crippen molar-refractivity contribution < 1.29 is 44.3 Å². The normalized spacial score (nSPS) is 29.2. The molecule has 1 aromatic carbocycles. The lowest BCUT2D eigenvalue weighted by molar-refractivity contribution is -0.166. The van der Waals surface area contributed by atoms with Gasteiger partial charge in [0.15, 0.2) is 6.29 Å². The maximum Gasteiger partial charge on any atom is 0.259 e. The summed E-state index contributed by atoms with van der Waals surface area (Å²) in [5, 5.41) is 54.2. The number of carbonyl (C=O) groups excluding carboxylic acids is 4.